The van der Waals surface area contributed by atoms with Crippen LogP contribution in [0.1, 0.15) is 33.6 Å². The van der Waals surface area contributed by atoms with Gasteiger partial charge in [-0.3, -0.25) is 4.90 Å². The van der Waals surface area contributed by atoms with E-state index in [-0.39, 0.29) is 6.61 Å². The number of aliphatic hydroxyl groups is 1. The van der Waals surface area contributed by atoms with Gasteiger partial charge in [-0.25, -0.2) is 0 Å². The Morgan fingerprint density at radius 3 is 2.23 bits per heavy atom. The third-order valence-corrected chi connectivity index (χ3v) is 2.63. The van der Waals surface area contributed by atoms with Crippen molar-refractivity contribution in [3.05, 3.63) is 12.7 Å². The van der Waals surface area contributed by atoms with Crippen LogP contribution in [0.15, 0.2) is 12.7 Å². The third kappa shape index (κ3) is 3.92. The average Bonchev–Trinajstić information content (AvgIpc) is 2.17. The molecule has 0 aromatic rings. The molecular formula is C11H23NO. The van der Waals surface area contributed by atoms with Crippen molar-refractivity contribution in [1.82, 2.24) is 4.90 Å². The highest BCUT2D eigenvalue weighted by Crippen LogP contribution is 2.12. The lowest BCUT2D eigenvalue weighted by Gasteiger charge is -2.33. The van der Waals surface area contributed by atoms with Gasteiger partial charge in [-0.15, -0.1) is 6.58 Å². The van der Waals surface area contributed by atoms with E-state index in [0.717, 1.165) is 19.4 Å². The van der Waals surface area contributed by atoms with Crippen LogP contribution < -0.4 is 0 Å². The van der Waals surface area contributed by atoms with Crippen molar-refractivity contribution in [3.8, 4) is 0 Å². The molecule has 13 heavy (non-hydrogen) atoms. The van der Waals surface area contributed by atoms with E-state index in [1.54, 1.807) is 0 Å². The summed E-state index contributed by atoms with van der Waals surface area (Å²) in [6, 6.07) is 0.928. The maximum atomic E-state index is 8.95. The summed E-state index contributed by atoms with van der Waals surface area (Å²) in [6.45, 7) is 11.3. The molecule has 2 heteroatoms. The number of aliphatic hydroxyl groups excluding tert-OH is 1. The van der Waals surface area contributed by atoms with Crippen LogP contribution in [0.4, 0.5) is 0 Å². The summed E-state index contributed by atoms with van der Waals surface area (Å²) in [6.07, 6.45) is 4.21. The molecule has 0 saturated heterocycles. The van der Waals surface area contributed by atoms with E-state index in [9.17, 15) is 0 Å². The van der Waals surface area contributed by atoms with Gasteiger partial charge in [-0.2, -0.15) is 0 Å². The van der Waals surface area contributed by atoms with Gasteiger partial charge in [0.1, 0.15) is 0 Å². The second-order valence-corrected chi connectivity index (χ2v) is 3.41. The monoisotopic (exact) mass is 185 g/mol. The normalized spacial score (nSPS) is 13.7. The summed E-state index contributed by atoms with van der Waals surface area (Å²) in [5, 5.41) is 8.95. The predicted molar refractivity (Wildman–Crippen MR) is 57.8 cm³/mol. The van der Waals surface area contributed by atoms with Crippen LogP contribution in [0.5, 0.6) is 0 Å². The molecule has 0 heterocycles. The molecule has 0 saturated carbocycles. The van der Waals surface area contributed by atoms with Gasteiger partial charge in [0.05, 0.1) is 6.61 Å². The van der Waals surface area contributed by atoms with Gasteiger partial charge in [0, 0.05) is 18.6 Å². The Morgan fingerprint density at radius 1 is 1.38 bits per heavy atom. The minimum Gasteiger partial charge on any atom is -0.395 e. The van der Waals surface area contributed by atoms with Crippen LogP contribution in [0, 0.1) is 0 Å². The molecule has 1 unspecified atom stereocenters. The van der Waals surface area contributed by atoms with Crippen LogP contribution in [-0.2, 0) is 0 Å². The van der Waals surface area contributed by atoms with Crippen molar-refractivity contribution in [1.29, 1.82) is 0 Å². The first kappa shape index (κ1) is 12.7. The molecule has 0 fully saturated rings. The summed E-state index contributed by atoms with van der Waals surface area (Å²) in [5.74, 6) is 0. The summed E-state index contributed by atoms with van der Waals surface area (Å²) in [7, 11) is 0. The first-order valence-corrected chi connectivity index (χ1v) is 5.20. The summed E-state index contributed by atoms with van der Waals surface area (Å²) >= 11 is 0. The first-order valence-electron chi connectivity index (χ1n) is 5.20. The lowest BCUT2D eigenvalue weighted by molar-refractivity contribution is 0.123. The Labute approximate surface area is 82.3 Å². The fourth-order valence-corrected chi connectivity index (χ4v) is 1.73. The topological polar surface area (TPSA) is 23.5 Å². The van der Waals surface area contributed by atoms with Crippen molar-refractivity contribution in [3.63, 3.8) is 0 Å². The van der Waals surface area contributed by atoms with Crippen molar-refractivity contribution >= 4 is 0 Å². The van der Waals surface area contributed by atoms with E-state index in [2.05, 4.69) is 32.3 Å². The molecule has 1 atom stereocenters. The van der Waals surface area contributed by atoms with Gasteiger partial charge >= 0.3 is 0 Å². The molecule has 0 amide bonds. The van der Waals surface area contributed by atoms with Crippen LogP contribution in [0.2, 0.25) is 0 Å². The average molecular weight is 185 g/mol. The van der Waals surface area contributed by atoms with Gasteiger partial charge in [0.15, 0.2) is 0 Å². The smallest absolute Gasteiger partial charge is 0.0558 e. The van der Waals surface area contributed by atoms with Gasteiger partial charge in [-0.05, 0) is 19.8 Å². The van der Waals surface area contributed by atoms with E-state index in [1.807, 2.05) is 6.08 Å². The molecule has 0 rings (SSSR count). The van der Waals surface area contributed by atoms with Crippen molar-refractivity contribution in [2.45, 2.75) is 45.7 Å². The third-order valence-electron chi connectivity index (χ3n) is 2.63. The molecule has 78 valence electrons. The van der Waals surface area contributed by atoms with E-state index >= 15 is 0 Å². The molecule has 2 nitrogen and oxygen atoms in total. The molecule has 0 aromatic carbocycles. The van der Waals surface area contributed by atoms with Crippen molar-refractivity contribution in [2.75, 3.05) is 13.2 Å². The molecule has 0 aliphatic rings. The minimum absolute atomic E-state index is 0.231. The van der Waals surface area contributed by atoms with Crippen molar-refractivity contribution < 1.29 is 5.11 Å². The molecule has 0 aromatic heterocycles. The Kier molecular flexibility index (Phi) is 6.92. The molecule has 1 N–H and O–H groups in total. The molecule has 0 spiro atoms. The van der Waals surface area contributed by atoms with E-state index in [0.29, 0.717) is 12.1 Å². The Morgan fingerprint density at radius 2 is 1.92 bits per heavy atom. The second kappa shape index (κ2) is 7.10. The highest BCUT2D eigenvalue weighted by atomic mass is 16.3. The highest BCUT2D eigenvalue weighted by molar-refractivity contribution is 4.87. The quantitative estimate of drug-likeness (QED) is 0.614. The fourth-order valence-electron chi connectivity index (χ4n) is 1.73. The summed E-state index contributed by atoms with van der Waals surface area (Å²) in [5.41, 5.74) is 0. The number of nitrogens with zero attached hydrogens (tertiary/aromatic N) is 1. The zero-order chi connectivity index (χ0) is 10.3. The van der Waals surface area contributed by atoms with Crippen LogP contribution >= 0.6 is 0 Å². The van der Waals surface area contributed by atoms with E-state index in [4.69, 9.17) is 5.11 Å². The SMILES string of the molecule is C=CC(C)N(CCO)C(CC)CC. The zero-order valence-electron chi connectivity index (χ0n) is 9.16. The zero-order valence-corrected chi connectivity index (χ0v) is 9.16. The van der Waals surface area contributed by atoms with E-state index < -0.39 is 0 Å². The summed E-state index contributed by atoms with van der Waals surface area (Å²) < 4.78 is 0. The van der Waals surface area contributed by atoms with Crippen LogP contribution in [-0.4, -0.2) is 35.2 Å². The molecule has 0 bridgehead atoms. The number of hydrogen-bond donors (Lipinski definition) is 1. The lowest BCUT2D eigenvalue weighted by Crippen LogP contribution is -2.42. The first-order chi connectivity index (χ1) is 6.21. The largest absolute Gasteiger partial charge is 0.395 e. The van der Waals surface area contributed by atoms with E-state index in [1.165, 1.54) is 0 Å². The Bertz CT molecular complexity index is 132. The van der Waals surface area contributed by atoms with Gasteiger partial charge in [0.2, 0.25) is 0 Å². The maximum Gasteiger partial charge on any atom is 0.0558 e. The van der Waals surface area contributed by atoms with Crippen LogP contribution in [0.3, 0.4) is 0 Å². The van der Waals surface area contributed by atoms with Gasteiger partial charge < -0.3 is 5.11 Å². The maximum absolute atomic E-state index is 8.95. The minimum atomic E-state index is 0.231. The molecular weight excluding hydrogens is 162 g/mol. The Balaban J connectivity index is 4.27. The molecule has 0 aliphatic carbocycles. The number of hydrogen-bond acceptors (Lipinski definition) is 2. The second-order valence-electron chi connectivity index (χ2n) is 3.41. The van der Waals surface area contributed by atoms with Crippen molar-refractivity contribution in [2.24, 2.45) is 0 Å². The predicted octanol–water partition coefficient (Wildman–Crippen LogP) is 2.04. The van der Waals surface area contributed by atoms with Crippen LogP contribution in [0.25, 0.3) is 0 Å². The standard InChI is InChI=1S/C11H23NO/c1-5-10(4)12(8-9-13)11(6-2)7-3/h5,10-11,13H,1,6-9H2,2-4H3. The highest BCUT2D eigenvalue weighted by Gasteiger charge is 2.17. The number of rotatable bonds is 7. The molecule has 0 radical (unpaired) electrons. The van der Waals surface area contributed by atoms with Gasteiger partial charge in [-0.1, -0.05) is 19.9 Å². The van der Waals surface area contributed by atoms with Gasteiger partial charge in [0.25, 0.3) is 0 Å². The lowest BCUT2D eigenvalue weighted by atomic mass is 10.1. The molecule has 0 aliphatic heterocycles. The Hall–Kier alpha value is -0.340. The summed E-state index contributed by atoms with van der Waals surface area (Å²) in [4.78, 5) is 2.31. The fraction of sp³-hybridized carbons (Fsp3) is 0.818.